The number of piperidine rings is 1. The summed E-state index contributed by atoms with van der Waals surface area (Å²) in [6.45, 7) is 5.91. The van der Waals surface area contributed by atoms with E-state index in [1.54, 1.807) is 31.2 Å². The zero-order valence-corrected chi connectivity index (χ0v) is 17.2. The molecule has 3 rings (SSSR count). The van der Waals surface area contributed by atoms with Crippen molar-refractivity contribution >= 4 is 23.4 Å². The quantitative estimate of drug-likeness (QED) is 0.726. The second kappa shape index (κ2) is 10.1. The summed E-state index contributed by atoms with van der Waals surface area (Å²) in [5.74, 6) is 1.33. The van der Waals surface area contributed by atoms with Gasteiger partial charge in [0.1, 0.15) is 5.75 Å². The van der Waals surface area contributed by atoms with E-state index in [4.69, 9.17) is 21.1 Å². The van der Waals surface area contributed by atoms with Crippen molar-refractivity contribution in [3.63, 3.8) is 0 Å². The molecule has 0 saturated carbocycles. The van der Waals surface area contributed by atoms with Crippen LogP contribution in [0.5, 0.6) is 5.75 Å². The maximum atomic E-state index is 12.7. The number of ether oxygens (including phenoxy) is 2. The molecular weight excluding hydrogens is 380 g/mol. The van der Waals surface area contributed by atoms with Crippen molar-refractivity contribution in [1.82, 2.24) is 9.80 Å². The average molecular weight is 409 g/mol. The fourth-order valence-corrected chi connectivity index (χ4v) is 3.97. The molecule has 2 aliphatic rings. The van der Waals surface area contributed by atoms with Crippen molar-refractivity contribution in [3.05, 3.63) is 29.3 Å². The molecule has 2 aliphatic heterocycles. The summed E-state index contributed by atoms with van der Waals surface area (Å²) in [6.07, 6.45) is 2.82. The molecule has 0 bridgehead atoms. The predicted octanol–water partition coefficient (Wildman–Crippen LogP) is 2.98. The van der Waals surface area contributed by atoms with Gasteiger partial charge in [0.05, 0.1) is 13.2 Å². The van der Waals surface area contributed by atoms with E-state index in [-0.39, 0.29) is 11.8 Å². The van der Waals surface area contributed by atoms with Gasteiger partial charge in [-0.05, 0) is 50.3 Å². The molecule has 0 N–H and O–H groups in total. The van der Waals surface area contributed by atoms with E-state index >= 15 is 0 Å². The van der Waals surface area contributed by atoms with Crippen LogP contribution in [0, 0.1) is 5.92 Å². The number of likely N-dealkylation sites (tertiary alicyclic amines) is 1. The van der Waals surface area contributed by atoms with E-state index in [1.165, 1.54) is 0 Å². The lowest BCUT2D eigenvalue weighted by atomic mass is 9.91. The Morgan fingerprint density at radius 1 is 1.18 bits per heavy atom. The van der Waals surface area contributed by atoms with Crippen molar-refractivity contribution in [2.75, 3.05) is 39.4 Å². The van der Waals surface area contributed by atoms with E-state index in [9.17, 15) is 9.59 Å². The molecule has 7 heteroatoms. The molecule has 0 aromatic heterocycles. The first-order valence-corrected chi connectivity index (χ1v) is 10.5. The van der Waals surface area contributed by atoms with Crippen molar-refractivity contribution in [2.45, 2.75) is 38.7 Å². The van der Waals surface area contributed by atoms with E-state index in [1.807, 2.05) is 9.80 Å². The van der Waals surface area contributed by atoms with Crippen LogP contribution in [0.1, 0.15) is 32.6 Å². The Balaban J connectivity index is 1.39. The standard InChI is InChI=1S/C21H29ClN2O4/c1-16(28-19-4-2-3-18(22)15-19)21(26)24-9-7-17(8-10-24)5-6-20(25)23-11-13-27-14-12-23/h2-4,15-17H,5-14H2,1H3. The van der Waals surface area contributed by atoms with E-state index in [2.05, 4.69) is 0 Å². The van der Waals surface area contributed by atoms with Crippen LogP contribution < -0.4 is 4.74 Å². The summed E-state index contributed by atoms with van der Waals surface area (Å²) in [7, 11) is 0. The number of rotatable bonds is 6. The van der Waals surface area contributed by atoms with Crippen molar-refractivity contribution in [1.29, 1.82) is 0 Å². The number of morpholine rings is 1. The monoisotopic (exact) mass is 408 g/mol. The summed E-state index contributed by atoms with van der Waals surface area (Å²) < 4.78 is 11.0. The van der Waals surface area contributed by atoms with Gasteiger partial charge < -0.3 is 19.3 Å². The fourth-order valence-electron chi connectivity index (χ4n) is 3.79. The molecule has 0 aliphatic carbocycles. The normalized spacial score (nSPS) is 19.4. The molecule has 1 unspecified atom stereocenters. The molecule has 0 radical (unpaired) electrons. The summed E-state index contributed by atoms with van der Waals surface area (Å²) in [4.78, 5) is 28.7. The van der Waals surface area contributed by atoms with E-state index in [0.29, 0.717) is 49.4 Å². The number of carbonyl (C=O) groups is 2. The fraction of sp³-hybridized carbons (Fsp3) is 0.619. The SMILES string of the molecule is CC(Oc1cccc(Cl)c1)C(=O)N1CCC(CCC(=O)N2CCOCC2)CC1. The van der Waals surface area contributed by atoms with Gasteiger partial charge >= 0.3 is 0 Å². The average Bonchev–Trinajstić information content (AvgIpc) is 2.72. The van der Waals surface area contributed by atoms with Crippen molar-refractivity contribution in [2.24, 2.45) is 5.92 Å². The van der Waals surface area contributed by atoms with Gasteiger partial charge in [-0.3, -0.25) is 9.59 Å². The van der Waals surface area contributed by atoms with Gasteiger partial charge in [0.25, 0.3) is 5.91 Å². The second-order valence-corrected chi connectivity index (χ2v) is 7.95. The van der Waals surface area contributed by atoms with Crippen LogP contribution in [0.3, 0.4) is 0 Å². The summed E-state index contributed by atoms with van der Waals surface area (Å²) >= 11 is 5.97. The molecule has 2 amide bonds. The van der Waals surface area contributed by atoms with Crippen LogP contribution in [0.15, 0.2) is 24.3 Å². The van der Waals surface area contributed by atoms with Gasteiger partial charge in [-0.1, -0.05) is 17.7 Å². The van der Waals surface area contributed by atoms with Crippen molar-refractivity contribution in [3.8, 4) is 5.75 Å². The number of hydrogen-bond acceptors (Lipinski definition) is 4. The lowest BCUT2D eigenvalue weighted by Crippen LogP contribution is -2.45. The number of benzene rings is 1. The molecule has 0 spiro atoms. The minimum atomic E-state index is -0.544. The van der Waals surface area contributed by atoms with Gasteiger partial charge in [0, 0.05) is 37.6 Å². The first-order chi connectivity index (χ1) is 13.5. The Morgan fingerprint density at radius 3 is 2.57 bits per heavy atom. The molecule has 1 aromatic carbocycles. The first-order valence-electron chi connectivity index (χ1n) is 10.1. The van der Waals surface area contributed by atoms with Crippen LogP contribution in [0.2, 0.25) is 5.02 Å². The lowest BCUT2D eigenvalue weighted by molar-refractivity contribution is -0.140. The van der Waals surface area contributed by atoms with Gasteiger partial charge in [-0.2, -0.15) is 0 Å². The zero-order valence-electron chi connectivity index (χ0n) is 16.4. The lowest BCUT2D eigenvalue weighted by Gasteiger charge is -2.34. The number of nitrogens with zero attached hydrogens (tertiary/aromatic N) is 2. The third-order valence-corrected chi connectivity index (χ3v) is 5.75. The smallest absolute Gasteiger partial charge is 0.263 e. The van der Waals surface area contributed by atoms with Crippen LogP contribution in [-0.2, 0) is 14.3 Å². The minimum absolute atomic E-state index is 0.00261. The largest absolute Gasteiger partial charge is 0.481 e. The van der Waals surface area contributed by atoms with Gasteiger partial charge in [0.15, 0.2) is 6.10 Å². The third kappa shape index (κ3) is 5.85. The first kappa shape index (κ1) is 20.9. The topological polar surface area (TPSA) is 59.1 Å². The Morgan fingerprint density at radius 2 is 1.89 bits per heavy atom. The number of halogens is 1. The Bertz CT molecular complexity index is 670. The number of amides is 2. The van der Waals surface area contributed by atoms with Crippen molar-refractivity contribution < 1.29 is 19.1 Å². The summed E-state index contributed by atoms with van der Waals surface area (Å²) in [6, 6.07) is 7.09. The molecular formula is C21H29ClN2O4. The summed E-state index contributed by atoms with van der Waals surface area (Å²) in [5, 5.41) is 0.588. The third-order valence-electron chi connectivity index (χ3n) is 5.51. The van der Waals surface area contributed by atoms with Gasteiger partial charge in [0.2, 0.25) is 5.91 Å². The minimum Gasteiger partial charge on any atom is -0.481 e. The molecule has 1 atom stereocenters. The number of carbonyl (C=O) groups excluding carboxylic acids is 2. The molecule has 2 saturated heterocycles. The zero-order chi connectivity index (χ0) is 19.9. The maximum absolute atomic E-state index is 12.7. The summed E-state index contributed by atoms with van der Waals surface area (Å²) in [5.41, 5.74) is 0. The number of hydrogen-bond donors (Lipinski definition) is 0. The highest BCUT2D eigenvalue weighted by molar-refractivity contribution is 6.30. The predicted molar refractivity (Wildman–Crippen MR) is 107 cm³/mol. The highest BCUT2D eigenvalue weighted by Gasteiger charge is 2.28. The van der Waals surface area contributed by atoms with Gasteiger partial charge in [-0.15, -0.1) is 0 Å². The molecule has 28 heavy (non-hydrogen) atoms. The Kier molecular flexibility index (Phi) is 7.57. The molecule has 2 heterocycles. The van der Waals surface area contributed by atoms with Crippen LogP contribution in [0.4, 0.5) is 0 Å². The highest BCUT2D eigenvalue weighted by Crippen LogP contribution is 2.24. The Labute approximate surface area is 171 Å². The Hall–Kier alpha value is -1.79. The highest BCUT2D eigenvalue weighted by atomic mass is 35.5. The van der Waals surface area contributed by atoms with Crippen LogP contribution >= 0.6 is 11.6 Å². The maximum Gasteiger partial charge on any atom is 0.263 e. The van der Waals surface area contributed by atoms with Crippen LogP contribution in [-0.4, -0.2) is 67.1 Å². The van der Waals surface area contributed by atoms with Gasteiger partial charge in [-0.25, -0.2) is 0 Å². The molecule has 1 aromatic rings. The molecule has 2 fully saturated rings. The van der Waals surface area contributed by atoms with E-state index in [0.717, 1.165) is 32.4 Å². The molecule has 154 valence electrons. The molecule has 6 nitrogen and oxygen atoms in total. The van der Waals surface area contributed by atoms with E-state index < -0.39 is 6.10 Å². The van der Waals surface area contributed by atoms with Crippen LogP contribution in [0.25, 0.3) is 0 Å². The second-order valence-electron chi connectivity index (χ2n) is 7.52.